The van der Waals surface area contributed by atoms with Crippen molar-refractivity contribution >= 4 is 28.9 Å². The quantitative estimate of drug-likeness (QED) is 0.701. The first kappa shape index (κ1) is 17.5. The van der Waals surface area contributed by atoms with E-state index in [-0.39, 0.29) is 11.6 Å². The summed E-state index contributed by atoms with van der Waals surface area (Å²) in [4.78, 5) is 16.5. The van der Waals surface area contributed by atoms with Gasteiger partial charge in [0.1, 0.15) is 11.8 Å². The maximum atomic E-state index is 12.4. The van der Waals surface area contributed by atoms with Gasteiger partial charge >= 0.3 is 0 Å². The van der Waals surface area contributed by atoms with Gasteiger partial charge in [-0.05, 0) is 35.9 Å². The number of hydrogen-bond acceptors (Lipinski definition) is 4. The molecular formula is C20H15ClN4O. The lowest BCUT2D eigenvalue weighted by atomic mass is 10.2. The number of rotatable bonds is 5. The molecule has 0 saturated carbocycles. The number of nitrogens with one attached hydrogen (secondary N) is 2. The summed E-state index contributed by atoms with van der Waals surface area (Å²) < 4.78 is 0. The van der Waals surface area contributed by atoms with Gasteiger partial charge < -0.3 is 10.6 Å². The number of hydrogen-bond donors (Lipinski definition) is 2. The third-order valence-electron chi connectivity index (χ3n) is 3.73. The fraction of sp³-hybridized carbons (Fsp3) is 0.0500. The second-order valence-corrected chi connectivity index (χ2v) is 5.89. The summed E-state index contributed by atoms with van der Waals surface area (Å²) in [5, 5.41) is 15.7. The maximum absolute atomic E-state index is 12.4. The zero-order valence-corrected chi connectivity index (χ0v) is 14.5. The predicted octanol–water partition coefficient (Wildman–Crippen LogP) is 4.47. The lowest BCUT2D eigenvalue weighted by Crippen LogP contribution is -2.15. The normalized spacial score (nSPS) is 10.0. The number of amides is 1. The van der Waals surface area contributed by atoms with Crippen LogP contribution in [-0.4, -0.2) is 10.9 Å². The molecule has 0 aliphatic heterocycles. The second kappa shape index (κ2) is 8.15. The highest BCUT2D eigenvalue weighted by Gasteiger charge is 2.11. The Morgan fingerprint density at radius 2 is 1.88 bits per heavy atom. The monoisotopic (exact) mass is 362 g/mol. The number of carbonyl (C=O) groups excluding carboxylic acids is 1. The lowest BCUT2D eigenvalue weighted by molar-refractivity contribution is 0.102. The van der Waals surface area contributed by atoms with Gasteiger partial charge in [-0.25, -0.2) is 0 Å². The third kappa shape index (κ3) is 4.18. The van der Waals surface area contributed by atoms with Crippen LogP contribution in [0, 0.1) is 11.3 Å². The summed E-state index contributed by atoms with van der Waals surface area (Å²) in [5.74, 6) is -0.380. The maximum Gasteiger partial charge on any atom is 0.274 e. The van der Waals surface area contributed by atoms with E-state index >= 15 is 0 Å². The molecule has 0 aliphatic rings. The topological polar surface area (TPSA) is 77.8 Å². The Labute approximate surface area is 156 Å². The number of pyridine rings is 1. The molecule has 2 aromatic carbocycles. The van der Waals surface area contributed by atoms with Crippen molar-refractivity contribution in [1.82, 2.24) is 4.98 Å². The summed E-state index contributed by atoms with van der Waals surface area (Å²) in [5.41, 5.74) is 2.81. The lowest BCUT2D eigenvalue weighted by Gasteiger charge is -2.10. The number of nitriles is 1. The number of aromatic nitrogens is 1. The molecule has 2 N–H and O–H groups in total. The first-order valence-corrected chi connectivity index (χ1v) is 8.29. The van der Waals surface area contributed by atoms with E-state index in [1.807, 2.05) is 30.3 Å². The smallest absolute Gasteiger partial charge is 0.274 e. The first-order chi connectivity index (χ1) is 12.7. The molecule has 0 radical (unpaired) electrons. The predicted molar refractivity (Wildman–Crippen MR) is 102 cm³/mol. The third-order valence-corrected chi connectivity index (χ3v) is 4.10. The molecule has 5 nitrogen and oxygen atoms in total. The molecule has 0 aliphatic carbocycles. The molecule has 0 bridgehead atoms. The minimum absolute atomic E-state index is 0.252. The van der Waals surface area contributed by atoms with E-state index in [9.17, 15) is 4.79 Å². The van der Waals surface area contributed by atoms with Gasteiger partial charge in [-0.3, -0.25) is 9.78 Å². The van der Waals surface area contributed by atoms with Gasteiger partial charge in [-0.2, -0.15) is 5.26 Å². The van der Waals surface area contributed by atoms with Crippen LogP contribution in [0.15, 0.2) is 66.9 Å². The second-order valence-electron chi connectivity index (χ2n) is 5.49. The highest BCUT2D eigenvalue weighted by molar-refractivity contribution is 6.31. The van der Waals surface area contributed by atoms with E-state index < -0.39 is 0 Å². The van der Waals surface area contributed by atoms with E-state index in [0.717, 1.165) is 11.3 Å². The number of benzene rings is 2. The molecule has 6 heteroatoms. The standard InChI is InChI=1S/C20H15ClN4O/c21-17-7-3-1-6-15(17)13-24-16-9-10-23-19(11-16)20(26)25-18-8-4-2-5-14(18)12-22/h1-11H,13H2,(H,23,24)(H,25,26). The average Bonchev–Trinajstić information content (AvgIpc) is 2.68. The number of nitrogens with zero attached hydrogens (tertiary/aromatic N) is 2. The largest absolute Gasteiger partial charge is 0.381 e. The van der Waals surface area contributed by atoms with E-state index in [0.29, 0.717) is 22.8 Å². The summed E-state index contributed by atoms with van der Waals surface area (Å²) >= 11 is 6.15. The molecule has 3 rings (SSSR count). The van der Waals surface area contributed by atoms with Crippen molar-refractivity contribution in [1.29, 1.82) is 5.26 Å². The van der Waals surface area contributed by atoms with Crippen LogP contribution < -0.4 is 10.6 Å². The Hall–Kier alpha value is -3.36. The highest BCUT2D eigenvalue weighted by Crippen LogP contribution is 2.18. The van der Waals surface area contributed by atoms with Gasteiger partial charge in [0.2, 0.25) is 0 Å². The van der Waals surface area contributed by atoms with Crippen LogP contribution in [0.3, 0.4) is 0 Å². The van der Waals surface area contributed by atoms with Gasteiger partial charge in [0.25, 0.3) is 5.91 Å². The van der Waals surface area contributed by atoms with Gasteiger partial charge in [0, 0.05) is 23.5 Å². The molecule has 0 atom stereocenters. The van der Waals surface area contributed by atoms with Crippen molar-refractivity contribution in [2.75, 3.05) is 10.6 Å². The minimum atomic E-state index is -0.380. The molecule has 1 aromatic heterocycles. The van der Waals surface area contributed by atoms with E-state index in [1.165, 1.54) is 0 Å². The van der Waals surface area contributed by atoms with Crippen molar-refractivity contribution in [3.05, 3.63) is 88.7 Å². The van der Waals surface area contributed by atoms with Crippen molar-refractivity contribution in [2.45, 2.75) is 6.54 Å². The molecule has 0 unspecified atom stereocenters. The van der Waals surface area contributed by atoms with Crippen molar-refractivity contribution in [2.24, 2.45) is 0 Å². The Bertz CT molecular complexity index is 981. The molecule has 0 spiro atoms. The van der Waals surface area contributed by atoms with Crippen LogP contribution >= 0.6 is 11.6 Å². The zero-order chi connectivity index (χ0) is 18.4. The summed E-state index contributed by atoms with van der Waals surface area (Å²) in [6, 6.07) is 19.8. The summed E-state index contributed by atoms with van der Waals surface area (Å²) in [6.45, 7) is 0.530. The molecular weight excluding hydrogens is 348 g/mol. The number of anilines is 2. The van der Waals surface area contributed by atoms with E-state index in [4.69, 9.17) is 16.9 Å². The molecule has 26 heavy (non-hydrogen) atoms. The van der Waals surface area contributed by atoms with Gasteiger partial charge in [0.05, 0.1) is 11.3 Å². The Morgan fingerprint density at radius 1 is 1.12 bits per heavy atom. The Morgan fingerprint density at radius 3 is 2.69 bits per heavy atom. The van der Waals surface area contributed by atoms with Crippen LogP contribution in [0.4, 0.5) is 11.4 Å². The fourth-order valence-electron chi connectivity index (χ4n) is 2.38. The van der Waals surface area contributed by atoms with Crippen LogP contribution in [0.5, 0.6) is 0 Å². The first-order valence-electron chi connectivity index (χ1n) is 7.91. The highest BCUT2D eigenvalue weighted by atomic mass is 35.5. The Kier molecular flexibility index (Phi) is 5.47. The van der Waals surface area contributed by atoms with Gasteiger partial charge in [-0.1, -0.05) is 41.9 Å². The SMILES string of the molecule is N#Cc1ccccc1NC(=O)c1cc(NCc2ccccc2Cl)ccn1. The summed E-state index contributed by atoms with van der Waals surface area (Å²) in [7, 11) is 0. The van der Waals surface area contributed by atoms with Gasteiger partial charge in [-0.15, -0.1) is 0 Å². The molecule has 0 saturated heterocycles. The summed E-state index contributed by atoms with van der Waals surface area (Å²) in [6.07, 6.45) is 1.56. The number of para-hydroxylation sites is 1. The van der Waals surface area contributed by atoms with Crippen LogP contribution in [0.2, 0.25) is 5.02 Å². The Balaban J connectivity index is 1.71. The molecule has 1 heterocycles. The van der Waals surface area contributed by atoms with Crippen LogP contribution in [0.25, 0.3) is 0 Å². The number of carbonyl (C=O) groups is 1. The van der Waals surface area contributed by atoms with E-state index in [1.54, 1.807) is 42.6 Å². The van der Waals surface area contributed by atoms with Crippen molar-refractivity contribution in [3.8, 4) is 6.07 Å². The molecule has 3 aromatic rings. The molecule has 128 valence electrons. The zero-order valence-electron chi connectivity index (χ0n) is 13.7. The van der Waals surface area contributed by atoms with Crippen molar-refractivity contribution in [3.63, 3.8) is 0 Å². The molecule has 1 amide bonds. The van der Waals surface area contributed by atoms with Crippen LogP contribution in [-0.2, 0) is 6.54 Å². The average molecular weight is 363 g/mol. The van der Waals surface area contributed by atoms with Crippen LogP contribution in [0.1, 0.15) is 21.6 Å². The minimum Gasteiger partial charge on any atom is -0.381 e. The number of halogens is 1. The van der Waals surface area contributed by atoms with Gasteiger partial charge in [0.15, 0.2) is 0 Å². The van der Waals surface area contributed by atoms with Crippen molar-refractivity contribution < 1.29 is 4.79 Å². The molecule has 0 fully saturated rings. The van der Waals surface area contributed by atoms with E-state index in [2.05, 4.69) is 15.6 Å². The fourth-order valence-corrected chi connectivity index (χ4v) is 2.58.